The van der Waals surface area contributed by atoms with Gasteiger partial charge in [0.15, 0.2) is 23.5 Å². The summed E-state index contributed by atoms with van der Waals surface area (Å²) in [6.07, 6.45) is 6.39. The highest BCUT2D eigenvalue weighted by molar-refractivity contribution is 5.81. The first-order valence-corrected chi connectivity index (χ1v) is 10.8. The summed E-state index contributed by atoms with van der Waals surface area (Å²) in [4.78, 5) is 26.5. The number of fused-ring (bicyclic) bond motifs is 1. The largest absolute Gasteiger partial charge is 0.478 e. The van der Waals surface area contributed by atoms with Crippen molar-refractivity contribution < 1.29 is 13.9 Å². The fourth-order valence-electron chi connectivity index (χ4n) is 4.10. The second-order valence-corrected chi connectivity index (χ2v) is 8.88. The molecule has 0 fully saturated rings. The summed E-state index contributed by atoms with van der Waals surface area (Å²) in [6.45, 7) is 6.17. The Bertz CT molecular complexity index is 1100. The minimum Gasteiger partial charge on any atom is -0.478 e. The number of halogens is 1. The van der Waals surface area contributed by atoms with Gasteiger partial charge in [-0.15, -0.1) is 0 Å². The lowest BCUT2D eigenvalue weighted by Gasteiger charge is -2.37. The van der Waals surface area contributed by atoms with Crippen molar-refractivity contribution in [2.75, 3.05) is 0 Å². The number of nitrogens with one attached hydrogen (secondary N) is 1. The maximum Gasteiger partial charge on any atom is 0.261 e. The predicted molar refractivity (Wildman–Crippen MR) is 119 cm³/mol. The first kappa shape index (κ1) is 21.9. The highest BCUT2D eigenvalue weighted by Gasteiger charge is 2.35. The quantitative estimate of drug-likeness (QED) is 0.610. The molecule has 7 heteroatoms. The molecule has 2 atom stereocenters. The lowest BCUT2D eigenvalue weighted by molar-refractivity contribution is -0.129. The number of rotatable bonds is 6. The second kappa shape index (κ2) is 9.02. The fraction of sp³-hybridized carbons (Fsp3) is 0.360. The van der Waals surface area contributed by atoms with Crippen molar-refractivity contribution >= 4 is 5.91 Å². The number of nitrogens with zero attached hydrogens (tertiary/aromatic N) is 3. The zero-order valence-electron chi connectivity index (χ0n) is 18.5. The number of benzene rings is 1. The molecule has 6 nitrogen and oxygen atoms in total. The van der Waals surface area contributed by atoms with Gasteiger partial charge in [0.25, 0.3) is 5.91 Å². The first-order valence-electron chi connectivity index (χ1n) is 10.8. The molecule has 0 aliphatic heterocycles. The van der Waals surface area contributed by atoms with Crippen molar-refractivity contribution in [2.24, 2.45) is 5.41 Å². The van der Waals surface area contributed by atoms with E-state index in [9.17, 15) is 9.18 Å². The van der Waals surface area contributed by atoms with Gasteiger partial charge in [-0.05, 0) is 48.9 Å². The summed E-state index contributed by atoms with van der Waals surface area (Å²) in [5.74, 6) is -0.0463. The summed E-state index contributed by atoms with van der Waals surface area (Å²) in [5, 5.41) is 3.10. The van der Waals surface area contributed by atoms with Crippen LogP contribution in [0.5, 0.6) is 5.75 Å². The Hall–Kier alpha value is -3.35. The Morgan fingerprint density at radius 1 is 1.25 bits per heavy atom. The van der Waals surface area contributed by atoms with Crippen molar-refractivity contribution in [1.82, 2.24) is 20.3 Å². The normalized spacial score (nSPS) is 17.8. The zero-order chi connectivity index (χ0) is 22.7. The molecule has 0 bridgehead atoms. The third kappa shape index (κ3) is 4.77. The van der Waals surface area contributed by atoms with Gasteiger partial charge in [0.05, 0.1) is 11.7 Å². The maximum absolute atomic E-state index is 14.0. The monoisotopic (exact) mass is 434 g/mol. The number of para-hydroxylation sites is 1. The smallest absolute Gasteiger partial charge is 0.261 e. The standard InChI is InChI=1S/C25H27FN4O2/c1-4-21(32-22-8-6-5-7-18(22)26)24(31)30-20-14-25(2,3)13-19-17(20)15-28-23(29-19)16-9-11-27-12-10-16/h5-12,15,20-21H,4,13-14H2,1-3H3,(H,30,31)/t20-,21-/m0/s1. The van der Waals surface area contributed by atoms with Gasteiger partial charge in [0.2, 0.25) is 0 Å². The number of ether oxygens (including phenoxy) is 1. The molecule has 0 spiro atoms. The minimum absolute atomic E-state index is 0.0527. The molecule has 32 heavy (non-hydrogen) atoms. The molecule has 2 aromatic heterocycles. The van der Waals surface area contributed by atoms with Crippen LogP contribution in [0.15, 0.2) is 55.0 Å². The van der Waals surface area contributed by atoms with E-state index in [1.165, 1.54) is 12.1 Å². The number of hydrogen-bond donors (Lipinski definition) is 1. The molecule has 0 unspecified atom stereocenters. The molecule has 0 saturated heterocycles. The molecular weight excluding hydrogens is 407 g/mol. The van der Waals surface area contributed by atoms with Crippen molar-refractivity contribution in [3.05, 3.63) is 72.1 Å². The lowest BCUT2D eigenvalue weighted by atomic mass is 9.74. The Morgan fingerprint density at radius 2 is 2.00 bits per heavy atom. The average molecular weight is 435 g/mol. The molecule has 4 rings (SSSR count). The summed E-state index contributed by atoms with van der Waals surface area (Å²) in [6, 6.07) is 9.62. The highest BCUT2D eigenvalue weighted by Crippen LogP contribution is 2.40. The molecule has 166 valence electrons. The van der Waals surface area contributed by atoms with Crippen LogP contribution in [0.4, 0.5) is 4.39 Å². The fourth-order valence-corrected chi connectivity index (χ4v) is 4.10. The summed E-state index contributed by atoms with van der Waals surface area (Å²) in [5.41, 5.74) is 2.69. The third-order valence-corrected chi connectivity index (χ3v) is 5.70. The number of amides is 1. The number of pyridine rings is 1. The van der Waals surface area contributed by atoms with Crippen LogP contribution in [-0.2, 0) is 11.2 Å². The molecule has 1 aliphatic carbocycles. The molecule has 1 N–H and O–H groups in total. The summed E-state index contributed by atoms with van der Waals surface area (Å²) in [7, 11) is 0. The Labute approximate surface area is 187 Å². The molecule has 0 saturated carbocycles. The first-order chi connectivity index (χ1) is 15.4. The van der Waals surface area contributed by atoms with Crippen LogP contribution in [0.2, 0.25) is 0 Å². The van der Waals surface area contributed by atoms with Crippen LogP contribution in [0.3, 0.4) is 0 Å². The molecular formula is C25H27FN4O2. The Balaban J connectivity index is 1.57. The number of aromatic nitrogens is 3. The summed E-state index contributed by atoms with van der Waals surface area (Å²) < 4.78 is 19.7. The van der Waals surface area contributed by atoms with Crippen LogP contribution in [0.25, 0.3) is 11.4 Å². The molecule has 1 aliphatic rings. The molecule has 0 radical (unpaired) electrons. The van der Waals surface area contributed by atoms with E-state index in [2.05, 4.69) is 29.1 Å². The number of carbonyl (C=O) groups excluding carboxylic acids is 1. The molecule has 3 aromatic rings. The van der Waals surface area contributed by atoms with Crippen LogP contribution in [-0.4, -0.2) is 27.0 Å². The van der Waals surface area contributed by atoms with E-state index in [0.717, 1.165) is 29.7 Å². The lowest BCUT2D eigenvalue weighted by Crippen LogP contribution is -2.43. The Morgan fingerprint density at radius 3 is 2.72 bits per heavy atom. The van der Waals surface area contributed by atoms with E-state index < -0.39 is 11.9 Å². The van der Waals surface area contributed by atoms with Gasteiger partial charge in [-0.2, -0.15) is 0 Å². The van der Waals surface area contributed by atoms with E-state index >= 15 is 0 Å². The van der Waals surface area contributed by atoms with Crippen LogP contribution >= 0.6 is 0 Å². The van der Waals surface area contributed by atoms with Crippen molar-refractivity contribution in [2.45, 2.75) is 52.2 Å². The molecule has 1 amide bonds. The highest BCUT2D eigenvalue weighted by atomic mass is 19.1. The van der Waals surface area contributed by atoms with Gasteiger partial charge >= 0.3 is 0 Å². The topological polar surface area (TPSA) is 77.0 Å². The average Bonchev–Trinajstić information content (AvgIpc) is 2.78. The van der Waals surface area contributed by atoms with E-state index in [-0.39, 0.29) is 23.1 Å². The van der Waals surface area contributed by atoms with Gasteiger partial charge < -0.3 is 10.1 Å². The SMILES string of the molecule is CC[C@H](Oc1ccccc1F)C(=O)N[C@H]1CC(C)(C)Cc2nc(-c3ccncc3)ncc21. The van der Waals surface area contributed by atoms with Crippen molar-refractivity contribution in [3.8, 4) is 17.1 Å². The van der Waals surface area contributed by atoms with Gasteiger partial charge in [-0.1, -0.05) is 32.9 Å². The zero-order valence-corrected chi connectivity index (χ0v) is 18.5. The third-order valence-electron chi connectivity index (χ3n) is 5.70. The van der Waals surface area contributed by atoms with Crippen LogP contribution < -0.4 is 10.1 Å². The van der Waals surface area contributed by atoms with E-state index in [1.54, 1.807) is 30.7 Å². The molecule has 1 aromatic carbocycles. The predicted octanol–water partition coefficient (Wildman–Crippen LogP) is 4.67. The number of carbonyl (C=O) groups is 1. The van der Waals surface area contributed by atoms with Gasteiger partial charge in [0, 0.05) is 29.7 Å². The Kier molecular flexibility index (Phi) is 6.17. The van der Waals surface area contributed by atoms with E-state index in [0.29, 0.717) is 12.2 Å². The van der Waals surface area contributed by atoms with Gasteiger partial charge in [-0.3, -0.25) is 9.78 Å². The van der Waals surface area contributed by atoms with E-state index in [1.807, 2.05) is 19.1 Å². The van der Waals surface area contributed by atoms with Gasteiger partial charge in [0.1, 0.15) is 0 Å². The number of hydrogen-bond acceptors (Lipinski definition) is 5. The van der Waals surface area contributed by atoms with Crippen LogP contribution in [0.1, 0.15) is 50.9 Å². The maximum atomic E-state index is 14.0. The molecule has 2 heterocycles. The van der Waals surface area contributed by atoms with Gasteiger partial charge in [-0.25, -0.2) is 14.4 Å². The van der Waals surface area contributed by atoms with Crippen molar-refractivity contribution in [3.63, 3.8) is 0 Å². The second-order valence-electron chi connectivity index (χ2n) is 8.88. The van der Waals surface area contributed by atoms with Crippen molar-refractivity contribution in [1.29, 1.82) is 0 Å². The minimum atomic E-state index is -0.794. The van der Waals surface area contributed by atoms with Crippen LogP contribution in [0, 0.1) is 11.2 Å². The van der Waals surface area contributed by atoms with E-state index in [4.69, 9.17) is 9.72 Å². The summed E-state index contributed by atoms with van der Waals surface area (Å²) >= 11 is 0.